The number of fused-ring (bicyclic) bond motifs is 1. The molecule has 1 atom stereocenters. The van der Waals surface area contributed by atoms with Crippen molar-refractivity contribution in [1.29, 1.82) is 0 Å². The second-order valence-corrected chi connectivity index (χ2v) is 7.16. The summed E-state index contributed by atoms with van der Waals surface area (Å²) in [6.45, 7) is 1.74. The SMILES string of the molecule is CCC(CC(=C(F)F)c1ccc2ccccc2c1)NC(=O)c1ccc(C(F)(F)F)cc1. The van der Waals surface area contributed by atoms with Crippen LogP contribution in [0.1, 0.15) is 41.3 Å². The van der Waals surface area contributed by atoms with E-state index in [1.807, 2.05) is 24.3 Å². The minimum absolute atomic E-state index is 0.0309. The Morgan fingerprint density at radius 1 is 0.903 bits per heavy atom. The van der Waals surface area contributed by atoms with Crippen molar-refractivity contribution in [3.63, 3.8) is 0 Å². The molecular weight excluding hydrogens is 413 g/mol. The highest BCUT2D eigenvalue weighted by molar-refractivity contribution is 5.94. The van der Waals surface area contributed by atoms with Crippen molar-refractivity contribution in [3.8, 4) is 0 Å². The number of carbonyl (C=O) groups is 1. The Morgan fingerprint density at radius 2 is 1.52 bits per heavy atom. The molecule has 1 N–H and O–H groups in total. The lowest BCUT2D eigenvalue weighted by molar-refractivity contribution is -0.137. The van der Waals surface area contributed by atoms with Crippen molar-refractivity contribution in [2.24, 2.45) is 0 Å². The van der Waals surface area contributed by atoms with Gasteiger partial charge in [0.2, 0.25) is 0 Å². The van der Waals surface area contributed by atoms with Crippen molar-refractivity contribution in [1.82, 2.24) is 5.32 Å². The Hall–Kier alpha value is -3.22. The summed E-state index contributed by atoms with van der Waals surface area (Å²) >= 11 is 0. The summed E-state index contributed by atoms with van der Waals surface area (Å²) in [6.07, 6.45) is -6.07. The number of benzene rings is 3. The van der Waals surface area contributed by atoms with E-state index in [1.165, 1.54) is 0 Å². The smallest absolute Gasteiger partial charge is 0.349 e. The van der Waals surface area contributed by atoms with Crippen LogP contribution in [0.5, 0.6) is 0 Å². The van der Waals surface area contributed by atoms with Gasteiger partial charge in [-0.15, -0.1) is 0 Å². The van der Waals surface area contributed by atoms with Crippen LogP contribution in [0.2, 0.25) is 0 Å². The molecule has 0 aliphatic rings. The molecule has 0 saturated carbocycles. The third-order valence-corrected chi connectivity index (χ3v) is 5.08. The number of hydrogen-bond acceptors (Lipinski definition) is 1. The van der Waals surface area contributed by atoms with Crippen LogP contribution >= 0.6 is 0 Å². The van der Waals surface area contributed by atoms with Gasteiger partial charge in [0.25, 0.3) is 12.0 Å². The van der Waals surface area contributed by atoms with Gasteiger partial charge in [0.1, 0.15) is 0 Å². The van der Waals surface area contributed by atoms with Crippen LogP contribution in [-0.4, -0.2) is 11.9 Å². The molecule has 2 nitrogen and oxygen atoms in total. The summed E-state index contributed by atoms with van der Waals surface area (Å²) in [6, 6.07) is 15.6. The van der Waals surface area contributed by atoms with E-state index in [9.17, 15) is 26.7 Å². The lowest BCUT2D eigenvalue weighted by Gasteiger charge is -2.19. The molecule has 3 aromatic carbocycles. The molecule has 3 rings (SSSR count). The number of nitrogens with one attached hydrogen (secondary N) is 1. The van der Waals surface area contributed by atoms with Gasteiger partial charge in [0.15, 0.2) is 0 Å². The molecule has 0 heterocycles. The highest BCUT2D eigenvalue weighted by atomic mass is 19.4. The summed E-state index contributed by atoms with van der Waals surface area (Å²) < 4.78 is 65.6. The van der Waals surface area contributed by atoms with Gasteiger partial charge in [-0.3, -0.25) is 4.79 Å². The van der Waals surface area contributed by atoms with Gasteiger partial charge in [-0.05, 0) is 59.5 Å². The molecule has 0 fully saturated rings. The number of halogens is 5. The van der Waals surface area contributed by atoms with Crippen molar-refractivity contribution in [2.45, 2.75) is 32.0 Å². The first kappa shape index (κ1) is 22.5. The number of hydrogen-bond donors (Lipinski definition) is 1. The Kier molecular flexibility index (Phi) is 6.73. The molecule has 1 unspecified atom stereocenters. The van der Waals surface area contributed by atoms with Crippen LogP contribution in [0, 0.1) is 0 Å². The monoisotopic (exact) mass is 433 g/mol. The van der Waals surface area contributed by atoms with E-state index in [2.05, 4.69) is 5.32 Å². The molecule has 0 radical (unpaired) electrons. The average molecular weight is 433 g/mol. The summed E-state index contributed by atoms with van der Waals surface area (Å²) in [5.74, 6) is -0.613. The fourth-order valence-corrected chi connectivity index (χ4v) is 3.30. The van der Waals surface area contributed by atoms with E-state index >= 15 is 0 Å². The molecule has 0 aliphatic heterocycles. The van der Waals surface area contributed by atoms with Crippen LogP contribution in [-0.2, 0) is 6.18 Å². The summed E-state index contributed by atoms with van der Waals surface area (Å²) in [5.41, 5.74) is -0.647. The summed E-state index contributed by atoms with van der Waals surface area (Å²) in [7, 11) is 0. The van der Waals surface area contributed by atoms with Gasteiger partial charge in [0, 0.05) is 17.2 Å². The van der Waals surface area contributed by atoms with Crippen LogP contribution in [0.25, 0.3) is 16.3 Å². The second-order valence-electron chi connectivity index (χ2n) is 7.16. The zero-order valence-corrected chi connectivity index (χ0v) is 16.6. The maximum Gasteiger partial charge on any atom is 0.416 e. The van der Waals surface area contributed by atoms with Crippen molar-refractivity contribution in [2.75, 3.05) is 0 Å². The van der Waals surface area contributed by atoms with E-state index in [1.54, 1.807) is 25.1 Å². The van der Waals surface area contributed by atoms with Crippen molar-refractivity contribution < 1.29 is 26.7 Å². The van der Waals surface area contributed by atoms with Crippen LogP contribution in [0.4, 0.5) is 22.0 Å². The zero-order chi connectivity index (χ0) is 22.6. The Bertz CT molecular complexity index is 1100. The first-order valence-corrected chi connectivity index (χ1v) is 9.70. The molecule has 162 valence electrons. The van der Waals surface area contributed by atoms with E-state index in [0.29, 0.717) is 12.0 Å². The van der Waals surface area contributed by atoms with Gasteiger partial charge < -0.3 is 5.32 Å². The van der Waals surface area contributed by atoms with Crippen LogP contribution < -0.4 is 5.32 Å². The molecule has 0 saturated heterocycles. The van der Waals surface area contributed by atoms with Gasteiger partial charge in [0.05, 0.1) is 5.56 Å². The molecule has 0 spiro atoms. The lowest BCUT2D eigenvalue weighted by atomic mass is 9.95. The van der Waals surface area contributed by atoms with Crippen molar-refractivity contribution in [3.05, 3.63) is 89.5 Å². The van der Waals surface area contributed by atoms with Gasteiger partial charge in [-0.1, -0.05) is 43.3 Å². The highest BCUT2D eigenvalue weighted by Gasteiger charge is 2.30. The largest absolute Gasteiger partial charge is 0.416 e. The average Bonchev–Trinajstić information content (AvgIpc) is 2.75. The Morgan fingerprint density at radius 3 is 2.10 bits per heavy atom. The number of amides is 1. The fourth-order valence-electron chi connectivity index (χ4n) is 3.30. The summed E-state index contributed by atoms with van der Waals surface area (Å²) in [5, 5.41) is 4.39. The highest BCUT2D eigenvalue weighted by Crippen LogP contribution is 2.30. The van der Waals surface area contributed by atoms with Gasteiger partial charge >= 0.3 is 6.18 Å². The second kappa shape index (κ2) is 9.29. The molecule has 1 amide bonds. The van der Waals surface area contributed by atoms with Crippen LogP contribution in [0.15, 0.2) is 72.8 Å². The van der Waals surface area contributed by atoms with Crippen molar-refractivity contribution >= 4 is 22.3 Å². The van der Waals surface area contributed by atoms with Gasteiger partial charge in [-0.25, -0.2) is 0 Å². The van der Waals surface area contributed by atoms with E-state index in [0.717, 1.165) is 35.0 Å². The molecule has 3 aromatic rings. The quantitative estimate of drug-likeness (QED) is 0.414. The third-order valence-electron chi connectivity index (χ3n) is 5.08. The maximum absolute atomic E-state index is 13.8. The summed E-state index contributed by atoms with van der Waals surface area (Å²) in [4.78, 5) is 12.4. The Labute approximate surface area is 176 Å². The predicted octanol–water partition coefficient (Wildman–Crippen LogP) is 7.06. The zero-order valence-electron chi connectivity index (χ0n) is 16.6. The molecule has 0 bridgehead atoms. The van der Waals surface area contributed by atoms with E-state index < -0.39 is 29.8 Å². The predicted molar refractivity (Wildman–Crippen MR) is 111 cm³/mol. The topological polar surface area (TPSA) is 29.1 Å². The number of alkyl halides is 3. The minimum Gasteiger partial charge on any atom is -0.349 e. The standard InChI is InChI=1S/C24H20F5NO/c1-2-20(30-23(31)16-9-11-19(12-10-16)24(27,28)29)14-21(22(25)26)18-8-7-15-5-3-4-6-17(15)13-18/h3-13,20H,2,14H2,1H3,(H,30,31). The normalized spacial score (nSPS) is 12.5. The minimum atomic E-state index is -4.50. The fraction of sp³-hybridized carbons (Fsp3) is 0.208. The lowest BCUT2D eigenvalue weighted by Crippen LogP contribution is -2.34. The van der Waals surface area contributed by atoms with Crippen LogP contribution in [0.3, 0.4) is 0 Å². The molecule has 0 aliphatic carbocycles. The van der Waals surface area contributed by atoms with E-state index in [4.69, 9.17) is 0 Å². The van der Waals surface area contributed by atoms with E-state index in [-0.39, 0.29) is 17.6 Å². The third kappa shape index (κ3) is 5.48. The Balaban J connectivity index is 1.77. The van der Waals surface area contributed by atoms with Gasteiger partial charge in [-0.2, -0.15) is 22.0 Å². The molecular formula is C24H20F5NO. The first-order valence-electron chi connectivity index (χ1n) is 9.70. The first-order chi connectivity index (χ1) is 14.7. The maximum atomic E-state index is 13.8. The molecule has 31 heavy (non-hydrogen) atoms. The number of carbonyl (C=O) groups excluding carboxylic acids is 1. The molecule has 7 heteroatoms. The molecule has 0 aromatic heterocycles. The number of rotatable bonds is 6.